The molecule has 3 aromatic rings. The molecule has 4 heteroatoms. The van der Waals surface area contributed by atoms with E-state index in [1.54, 1.807) is 0 Å². The first kappa shape index (κ1) is 22.7. The summed E-state index contributed by atoms with van der Waals surface area (Å²) in [6.07, 6.45) is 3.34. The molecule has 0 saturated carbocycles. The minimum Gasteiger partial charge on any atom is -0.426 e. The first-order chi connectivity index (χ1) is 16.0. The predicted octanol–water partition coefficient (Wildman–Crippen LogP) is 5.47. The van der Waals surface area contributed by atoms with Crippen LogP contribution >= 0.6 is 0 Å². The number of carbonyl (C=O) groups excluding carboxylic acids is 2. The number of ether oxygens (including phenoxy) is 1. The van der Waals surface area contributed by atoms with Crippen molar-refractivity contribution in [1.82, 2.24) is 0 Å². The van der Waals surface area contributed by atoms with Gasteiger partial charge in [-0.25, -0.2) is 0 Å². The van der Waals surface area contributed by atoms with Crippen LogP contribution in [-0.2, 0) is 9.53 Å². The SMILES string of the molecule is C[N+]1(CC(=O)c2ccccc2)CCC(C(=O)OC(=Cc2ccccc2)c2ccccc2)CC1. The lowest BCUT2D eigenvalue weighted by Gasteiger charge is -2.39. The summed E-state index contributed by atoms with van der Waals surface area (Å²) < 4.78 is 6.60. The van der Waals surface area contributed by atoms with Gasteiger partial charge in [0.05, 0.1) is 26.1 Å². The van der Waals surface area contributed by atoms with E-state index in [0.717, 1.165) is 29.8 Å². The van der Waals surface area contributed by atoms with Crippen molar-refractivity contribution < 1.29 is 18.8 Å². The average Bonchev–Trinajstić information content (AvgIpc) is 2.85. The molecule has 33 heavy (non-hydrogen) atoms. The third-order valence-electron chi connectivity index (χ3n) is 6.36. The lowest BCUT2D eigenvalue weighted by Crippen LogP contribution is -2.53. The first-order valence-electron chi connectivity index (χ1n) is 11.5. The number of likely N-dealkylation sites (N-methyl/N-ethyl adjacent to an activating group) is 1. The van der Waals surface area contributed by atoms with Crippen LogP contribution < -0.4 is 0 Å². The molecular formula is C29H30NO3+. The quantitative estimate of drug-likeness (QED) is 0.161. The second kappa shape index (κ2) is 10.4. The van der Waals surface area contributed by atoms with Gasteiger partial charge in [0.2, 0.25) is 5.78 Å². The van der Waals surface area contributed by atoms with Crippen LogP contribution in [0, 0.1) is 5.92 Å². The van der Waals surface area contributed by atoms with E-state index in [9.17, 15) is 9.59 Å². The monoisotopic (exact) mass is 440 g/mol. The molecule has 0 atom stereocenters. The Morgan fingerprint density at radius 1 is 0.818 bits per heavy atom. The van der Waals surface area contributed by atoms with Gasteiger partial charge in [0.25, 0.3) is 0 Å². The molecule has 0 aliphatic carbocycles. The molecule has 1 fully saturated rings. The van der Waals surface area contributed by atoms with Gasteiger partial charge >= 0.3 is 5.97 Å². The fourth-order valence-corrected chi connectivity index (χ4v) is 4.31. The number of nitrogens with zero attached hydrogens (tertiary/aromatic N) is 1. The summed E-state index contributed by atoms with van der Waals surface area (Å²) in [4.78, 5) is 25.8. The normalized spacial score (nSPS) is 20.8. The fourth-order valence-electron chi connectivity index (χ4n) is 4.31. The number of rotatable bonds is 7. The molecule has 0 amide bonds. The number of quaternary nitrogens is 1. The average molecular weight is 441 g/mol. The molecule has 0 radical (unpaired) electrons. The van der Waals surface area contributed by atoms with E-state index >= 15 is 0 Å². The number of hydrogen-bond acceptors (Lipinski definition) is 3. The predicted molar refractivity (Wildman–Crippen MR) is 131 cm³/mol. The third kappa shape index (κ3) is 6.05. The second-order valence-corrected chi connectivity index (χ2v) is 8.99. The molecule has 1 aliphatic rings. The number of esters is 1. The van der Waals surface area contributed by atoms with Crippen LogP contribution in [0.25, 0.3) is 11.8 Å². The molecule has 1 saturated heterocycles. The Morgan fingerprint density at radius 3 is 1.91 bits per heavy atom. The van der Waals surface area contributed by atoms with Gasteiger partial charge in [-0.15, -0.1) is 0 Å². The van der Waals surface area contributed by atoms with E-state index in [-0.39, 0.29) is 17.7 Å². The maximum absolute atomic E-state index is 13.1. The number of ketones is 1. The van der Waals surface area contributed by atoms with Gasteiger partial charge in [-0.1, -0.05) is 91.0 Å². The summed E-state index contributed by atoms with van der Waals surface area (Å²) in [7, 11) is 2.10. The van der Waals surface area contributed by atoms with Crippen LogP contribution in [0.1, 0.15) is 34.3 Å². The number of piperidine rings is 1. The van der Waals surface area contributed by atoms with Gasteiger partial charge in [0, 0.05) is 24.0 Å². The van der Waals surface area contributed by atoms with Crippen molar-refractivity contribution in [2.75, 3.05) is 26.7 Å². The Hall–Kier alpha value is -3.50. The lowest BCUT2D eigenvalue weighted by molar-refractivity contribution is -0.906. The molecule has 0 spiro atoms. The molecule has 1 heterocycles. The zero-order chi connectivity index (χ0) is 23.1. The number of Topliss-reactive ketones (excluding diaryl/α,β-unsaturated/α-hetero) is 1. The lowest BCUT2D eigenvalue weighted by atomic mass is 9.94. The van der Waals surface area contributed by atoms with Gasteiger partial charge < -0.3 is 9.22 Å². The Morgan fingerprint density at radius 2 is 1.33 bits per heavy atom. The van der Waals surface area contributed by atoms with Crippen LogP contribution in [0.3, 0.4) is 0 Å². The van der Waals surface area contributed by atoms with E-state index in [1.807, 2.05) is 97.1 Å². The molecule has 0 unspecified atom stereocenters. The zero-order valence-electron chi connectivity index (χ0n) is 19.0. The molecule has 1 aliphatic heterocycles. The van der Waals surface area contributed by atoms with Crippen LogP contribution in [0.15, 0.2) is 91.0 Å². The Labute approximate surface area is 195 Å². The first-order valence-corrected chi connectivity index (χ1v) is 11.5. The molecule has 4 nitrogen and oxygen atoms in total. The van der Waals surface area contributed by atoms with Gasteiger partial charge in [0.15, 0.2) is 0 Å². The van der Waals surface area contributed by atoms with E-state index in [4.69, 9.17) is 4.74 Å². The number of carbonyl (C=O) groups is 2. The highest BCUT2D eigenvalue weighted by atomic mass is 16.5. The summed E-state index contributed by atoms with van der Waals surface area (Å²) in [5.41, 5.74) is 2.60. The van der Waals surface area contributed by atoms with Crippen molar-refractivity contribution in [3.05, 3.63) is 108 Å². The number of likely N-dealkylation sites (tertiary alicyclic amines) is 1. The summed E-state index contributed by atoms with van der Waals surface area (Å²) in [5, 5.41) is 0. The van der Waals surface area contributed by atoms with Crippen molar-refractivity contribution in [3.63, 3.8) is 0 Å². The molecule has 0 bridgehead atoms. The highest BCUT2D eigenvalue weighted by molar-refractivity contribution is 5.97. The highest BCUT2D eigenvalue weighted by Gasteiger charge is 2.36. The molecule has 0 N–H and O–H groups in total. The van der Waals surface area contributed by atoms with Crippen molar-refractivity contribution in [1.29, 1.82) is 0 Å². The standard InChI is InChI=1S/C29H30NO3/c1-30(22-27(31)24-13-7-3-8-14-24)19-17-26(18-20-30)29(32)33-28(25-15-9-4-10-16-25)21-23-11-5-2-6-12-23/h2-16,21,26H,17-20,22H2,1H3/q+1. The Balaban J connectivity index is 1.41. The van der Waals surface area contributed by atoms with E-state index < -0.39 is 0 Å². The Bertz CT molecular complexity index is 1100. The fraction of sp³-hybridized carbons (Fsp3) is 0.241. The molecular weight excluding hydrogens is 410 g/mol. The van der Waals surface area contributed by atoms with E-state index in [1.165, 1.54) is 0 Å². The van der Waals surface area contributed by atoms with Crippen LogP contribution in [-0.4, -0.2) is 42.9 Å². The van der Waals surface area contributed by atoms with E-state index in [2.05, 4.69) is 7.05 Å². The summed E-state index contributed by atoms with van der Waals surface area (Å²) in [6, 6.07) is 29.0. The van der Waals surface area contributed by atoms with Crippen LogP contribution in [0.4, 0.5) is 0 Å². The van der Waals surface area contributed by atoms with Gasteiger partial charge in [0.1, 0.15) is 12.3 Å². The third-order valence-corrected chi connectivity index (χ3v) is 6.36. The maximum atomic E-state index is 13.1. The topological polar surface area (TPSA) is 43.4 Å². The van der Waals surface area contributed by atoms with E-state index in [0.29, 0.717) is 29.6 Å². The minimum absolute atomic E-state index is 0.149. The minimum atomic E-state index is -0.193. The Kier molecular flexibility index (Phi) is 7.16. The summed E-state index contributed by atoms with van der Waals surface area (Å²) in [6.45, 7) is 2.01. The van der Waals surface area contributed by atoms with Gasteiger partial charge in [-0.2, -0.15) is 0 Å². The van der Waals surface area contributed by atoms with Crippen LogP contribution in [0.2, 0.25) is 0 Å². The highest BCUT2D eigenvalue weighted by Crippen LogP contribution is 2.27. The van der Waals surface area contributed by atoms with Crippen molar-refractivity contribution in [2.45, 2.75) is 12.8 Å². The molecule has 4 rings (SSSR count). The number of benzene rings is 3. The van der Waals surface area contributed by atoms with Crippen molar-refractivity contribution in [3.8, 4) is 0 Å². The van der Waals surface area contributed by atoms with Gasteiger partial charge in [-0.05, 0) is 11.6 Å². The van der Waals surface area contributed by atoms with Crippen LogP contribution in [0.5, 0.6) is 0 Å². The maximum Gasteiger partial charge on any atom is 0.314 e. The van der Waals surface area contributed by atoms with Gasteiger partial charge in [-0.3, -0.25) is 9.59 Å². The summed E-state index contributed by atoms with van der Waals surface area (Å²) >= 11 is 0. The molecule has 3 aromatic carbocycles. The zero-order valence-corrected chi connectivity index (χ0v) is 19.0. The summed E-state index contributed by atoms with van der Waals surface area (Å²) in [5.74, 6) is 0.359. The smallest absolute Gasteiger partial charge is 0.314 e. The van der Waals surface area contributed by atoms with Crippen molar-refractivity contribution in [2.24, 2.45) is 5.92 Å². The number of hydrogen-bond donors (Lipinski definition) is 0. The molecule has 0 aromatic heterocycles. The van der Waals surface area contributed by atoms with Crippen molar-refractivity contribution >= 4 is 23.6 Å². The molecule has 168 valence electrons. The second-order valence-electron chi connectivity index (χ2n) is 8.99. The largest absolute Gasteiger partial charge is 0.426 e.